The second-order valence-corrected chi connectivity index (χ2v) is 5.52. The van der Waals surface area contributed by atoms with Crippen LogP contribution in [0.2, 0.25) is 0 Å². The summed E-state index contributed by atoms with van der Waals surface area (Å²) in [6.07, 6.45) is 5.74. The number of fused-ring (bicyclic) bond motifs is 1. The number of carbonyl (C=O) groups is 2. The zero-order valence-corrected chi connectivity index (χ0v) is 12.9. The van der Waals surface area contributed by atoms with Crippen molar-refractivity contribution in [3.05, 3.63) is 40.0 Å². The molecular formula is C16H19FN4O2. The second-order valence-electron chi connectivity index (χ2n) is 5.52. The number of anilines is 1. The number of benzene rings is 1. The van der Waals surface area contributed by atoms with Crippen LogP contribution in [0.3, 0.4) is 0 Å². The molecule has 7 heteroatoms. The van der Waals surface area contributed by atoms with Crippen molar-refractivity contribution in [3.8, 4) is 0 Å². The van der Waals surface area contributed by atoms with Crippen molar-refractivity contribution in [1.29, 1.82) is 0 Å². The summed E-state index contributed by atoms with van der Waals surface area (Å²) in [7, 11) is 0. The van der Waals surface area contributed by atoms with Crippen molar-refractivity contribution in [1.82, 2.24) is 0 Å². The first-order valence-corrected chi connectivity index (χ1v) is 7.81. The van der Waals surface area contributed by atoms with Crippen molar-refractivity contribution in [3.63, 3.8) is 0 Å². The van der Waals surface area contributed by atoms with Crippen LogP contribution in [0, 0.1) is 5.82 Å². The highest BCUT2D eigenvalue weighted by atomic mass is 19.1. The van der Waals surface area contributed by atoms with Gasteiger partial charge in [0.1, 0.15) is 5.82 Å². The summed E-state index contributed by atoms with van der Waals surface area (Å²) >= 11 is 0. The SMILES string of the molecule is [N-]=[N+]=NCCCCCCCCN1C(=O)C(=O)c2cc(F)ccc21. The molecule has 0 unspecified atom stereocenters. The van der Waals surface area contributed by atoms with E-state index in [1.807, 2.05) is 0 Å². The van der Waals surface area contributed by atoms with Gasteiger partial charge in [0.15, 0.2) is 0 Å². The standard InChI is InChI=1S/C16H19FN4O2/c17-12-7-8-14-13(11-12)15(22)16(23)21(14)10-6-4-2-1-3-5-9-19-20-18/h7-8,11H,1-6,9-10H2. The predicted octanol–water partition coefficient (Wildman–Crippen LogP) is 4.01. The number of carbonyl (C=O) groups excluding carboxylic acids is 2. The lowest BCUT2D eigenvalue weighted by Gasteiger charge is -2.16. The molecule has 0 radical (unpaired) electrons. The van der Waals surface area contributed by atoms with E-state index in [4.69, 9.17) is 5.53 Å². The zero-order valence-electron chi connectivity index (χ0n) is 12.9. The number of amides is 1. The van der Waals surface area contributed by atoms with E-state index in [0.29, 0.717) is 18.8 Å². The highest BCUT2D eigenvalue weighted by molar-refractivity contribution is 6.52. The lowest BCUT2D eigenvalue weighted by molar-refractivity contribution is -0.114. The summed E-state index contributed by atoms with van der Waals surface area (Å²) in [6, 6.07) is 3.88. The van der Waals surface area contributed by atoms with Crippen LogP contribution in [-0.2, 0) is 4.79 Å². The number of nitrogens with zero attached hydrogens (tertiary/aromatic N) is 4. The Kier molecular flexibility index (Phi) is 6.11. The van der Waals surface area contributed by atoms with Gasteiger partial charge in [-0.15, -0.1) is 0 Å². The molecule has 1 heterocycles. The van der Waals surface area contributed by atoms with Crippen LogP contribution in [0.15, 0.2) is 23.3 Å². The van der Waals surface area contributed by atoms with Gasteiger partial charge in [-0.25, -0.2) is 4.39 Å². The van der Waals surface area contributed by atoms with E-state index in [0.717, 1.165) is 44.6 Å². The fraction of sp³-hybridized carbons (Fsp3) is 0.500. The average molecular weight is 318 g/mol. The Morgan fingerprint density at radius 1 is 1.09 bits per heavy atom. The van der Waals surface area contributed by atoms with Crippen molar-refractivity contribution in [2.24, 2.45) is 5.11 Å². The monoisotopic (exact) mass is 318 g/mol. The fourth-order valence-corrected chi connectivity index (χ4v) is 2.70. The van der Waals surface area contributed by atoms with Gasteiger partial charge in [-0.2, -0.15) is 0 Å². The molecule has 0 saturated carbocycles. The first-order valence-electron chi connectivity index (χ1n) is 7.81. The number of ketones is 1. The predicted molar refractivity (Wildman–Crippen MR) is 84.8 cm³/mol. The minimum absolute atomic E-state index is 0.160. The summed E-state index contributed by atoms with van der Waals surface area (Å²) in [5.41, 5.74) is 8.82. The van der Waals surface area contributed by atoms with Gasteiger partial charge >= 0.3 is 0 Å². The van der Waals surface area contributed by atoms with Crippen LogP contribution in [0.4, 0.5) is 10.1 Å². The maximum Gasteiger partial charge on any atom is 0.299 e. The summed E-state index contributed by atoms with van der Waals surface area (Å²) in [6.45, 7) is 1.01. The molecule has 0 bridgehead atoms. The second kappa shape index (κ2) is 8.29. The largest absolute Gasteiger partial charge is 0.305 e. The number of Topliss-reactive ketones (excluding diaryl/α,β-unsaturated/α-hetero) is 1. The van der Waals surface area contributed by atoms with E-state index >= 15 is 0 Å². The van der Waals surface area contributed by atoms with E-state index in [1.165, 1.54) is 17.0 Å². The number of halogens is 1. The molecule has 0 aromatic heterocycles. The molecule has 0 atom stereocenters. The zero-order chi connectivity index (χ0) is 16.7. The van der Waals surface area contributed by atoms with Crippen molar-refractivity contribution < 1.29 is 14.0 Å². The molecule has 0 saturated heterocycles. The van der Waals surface area contributed by atoms with Crippen molar-refractivity contribution in [2.75, 3.05) is 18.0 Å². The third kappa shape index (κ3) is 4.29. The van der Waals surface area contributed by atoms with Gasteiger partial charge in [-0.3, -0.25) is 9.59 Å². The minimum Gasteiger partial charge on any atom is -0.305 e. The number of hydrogen-bond donors (Lipinski definition) is 0. The van der Waals surface area contributed by atoms with Crippen LogP contribution >= 0.6 is 0 Å². The molecule has 1 amide bonds. The Morgan fingerprint density at radius 2 is 1.78 bits per heavy atom. The van der Waals surface area contributed by atoms with Gasteiger partial charge < -0.3 is 4.90 Å². The van der Waals surface area contributed by atoms with Gasteiger partial charge in [0.2, 0.25) is 0 Å². The van der Waals surface area contributed by atoms with Gasteiger partial charge in [0.05, 0.1) is 11.3 Å². The highest BCUT2D eigenvalue weighted by Crippen LogP contribution is 2.29. The molecule has 6 nitrogen and oxygen atoms in total. The summed E-state index contributed by atoms with van der Waals surface area (Å²) in [4.78, 5) is 27.9. The topological polar surface area (TPSA) is 86.1 Å². The molecular weight excluding hydrogens is 299 g/mol. The van der Waals surface area contributed by atoms with E-state index in [1.54, 1.807) is 0 Å². The lowest BCUT2D eigenvalue weighted by Crippen LogP contribution is -2.30. The summed E-state index contributed by atoms with van der Waals surface area (Å²) < 4.78 is 13.2. The molecule has 0 fully saturated rings. The molecule has 1 aromatic rings. The number of rotatable bonds is 9. The maximum absolute atomic E-state index is 13.2. The smallest absolute Gasteiger partial charge is 0.299 e. The van der Waals surface area contributed by atoms with Crippen molar-refractivity contribution >= 4 is 17.4 Å². The maximum atomic E-state index is 13.2. The molecule has 0 spiro atoms. The van der Waals surface area contributed by atoms with Crippen LogP contribution in [0.1, 0.15) is 48.9 Å². The van der Waals surface area contributed by atoms with Gasteiger partial charge in [0, 0.05) is 18.0 Å². The van der Waals surface area contributed by atoms with Crippen LogP contribution in [0.25, 0.3) is 10.4 Å². The third-order valence-electron chi connectivity index (χ3n) is 3.89. The average Bonchev–Trinajstić information content (AvgIpc) is 2.78. The molecule has 0 N–H and O–H groups in total. The number of unbranched alkanes of at least 4 members (excludes halogenated alkanes) is 5. The first kappa shape index (κ1) is 17.0. The molecule has 122 valence electrons. The Morgan fingerprint density at radius 3 is 2.52 bits per heavy atom. The van der Waals surface area contributed by atoms with Crippen LogP contribution < -0.4 is 4.90 Å². The quantitative estimate of drug-likeness (QED) is 0.226. The molecule has 0 aliphatic carbocycles. The Labute approximate surface area is 133 Å². The molecule has 1 aromatic carbocycles. The van der Waals surface area contributed by atoms with E-state index in [-0.39, 0.29) is 5.56 Å². The third-order valence-corrected chi connectivity index (χ3v) is 3.89. The Balaban J connectivity index is 1.73. The Bertz CT molecular complexity index is 641. The Hall–Kier alpha value is -2.40. The number of hydrogen-bond acceptors (Lipinski definition) is 3. The van der Waals surface area contributed by atoms with Gasteiger partial charge in [-0.05, 0) is 36.6 Å². The summed E-state index contributed by atoms with van der Waals surface area (Å²) in [5.74, 6) is -1.70. The van der Waals surface area contributed by atoms with Gasteiger partial charge in [-0.1, -0.05) is 30.8 Å². The fourth-order valence-electron chi connectivity index (χ4n) is 2.70. The van der Waals surface area contributed by atoms with E-state index in [2.05, 4.69) is 10.0 Å². The molecule has 2 rings (SSSR count). The van der Waals surface area contributed by atoms with Crippen LogP contribution in [0.5, 0.6) is 0 Å². The molecule has 23 heavy (non-hydrogen) atoms. The molecule has 1 aliphatic rings. The highest BCUT2D eigenvalue weighted by Gasteiger charge is 2.35. The van der Waals surface area contributed by atoms with Crippen LogP contribution in [-0.4, -0.2) is 24.8 Å². The first-order chi connectivity index (χ1) is 11.1. The van der Waals surface area contributed by atoms with E-state index < -0.39 is 17.5 Å². The van der Waals surface area contributed by atoms with Crippen molar-refractivity contribution in [2.45, 2.75) is 38.5 Å². The minimum atomic E-state index is -0.627. The van der Waals surface area contributed by atoms with Gasteiger partial charge in [0.25, 0.3) is 11.7 Å². The van der Waals surface area contributed by atoms with E-state index in [9.17, 15) is 14.0 Å². The lowest BCUT2D eigenvalue weighted by atomic mass is 10.1. The molecule has 1 aliphatic heterocycles. The summed E-state index contributed by atoms with van der Waals surface area (Å²) in [5, 5.41) is 3.48. The number of azide groups is 1. The normalized spacial score (nSPS) is 13.2.